The average Bonchev–Trinajstić information content (AvgIpc) is 2.70. The molecule has 0 aliphatic heterocycles. The number of fused-ring (bicyclic) bond motifs is 1. The van der Waals surface area contributed by atoms with Gasteiger partial charge in [-0.05, 0) is 65.0 Å². The second-order valence-corrected chi connectivity index (χ2v) is 7.54. The normalized spacial score (nSPS) is 16.1. The van der Waals surface area contributed by atoms with Gasteiger partial charge in [-0.1, -0.05) is 0 Å². The Morgan fingerprint density at radius 3 is 2.47 bits per heavy atom. The molecule has 1 heterocycles. The number of carbonyl (C=O) groups is 1. The molecule has 1 aliphatic rings. The predicted octanol–water partition coefficient (Wildman–Crippen LogP) is 2.91. The SMILES string of the molecule is CC(C)(O)C(C)(C)NC(=O)c1cc2c(s1)CCCC2. The topological polar surface area (TPSA) is 49.3 Å². The van der Waals surface area contributed by atoms with E-state index in [0.29, 0.717) is 0 Å². The van der Waals surface area contributed by atoms with Crippen molar-refractivity contribution in [1.82, 2.24) is 5.32 Å². The van der Waals surface area contributed by atoms with Crippen molar-refractivity contribution in [3.05, 3.63) is 21.4 Å². The Bertz CT molecular complexity index is 459. The van der Waals surface area contributed by atoms with Gasteiger partial charge in [-0.25, -0.2) is 0 Å². The number of amides is 1. The first-order valence-electron chi connectivity index (χ1n) is 6.87. The Morgan fingerprint density at radius 1 is 1.26 bits per heavy atom. The fourth-order valence-corrected chi connectivity index (χ4v) is 3.25. The summed E-state index contributed by atoms with van der Waals surface area (Å²) in [6.07, 6.45) is 4.64. The van der Waals surface area contributed by atoms with Crippen LogP contribution in [0, 0.1) is 0 Å². The lowest BCUT2D eigenvalue weighted by atomic mass is 9.86. The first kappa shape index (κ1) is 14.5. The van der Waals surface area contributed by atoms with Gasteiger partial charge in [-0.3, -0.25) is 4.79 Å². The quantitative estimate of drug-likeness (QED) is 0.895. The summed E-state index contributed by atoms with van der Waals surface area (Å²) in [5.74, 6) is -0.0773. The maximum atomic E-state index is 12.3. The highest BCUT2D eigenvalue weighted by molar-refractivity contribution is 7.14. The smallest absolute Gasteiger partial charge is 0.261 e. The Kier molecular flexibility index (Phi) is 3.76. The van der Waals surface area contributed by atoms with Crippen molar-refractivity contribution in [1.29, 1.82) is 0 Å². The molecule has 1 aromatic heterocycles. The number of aryl methyl sites for hydroxylation is 2. The maximum absolute atomic E-state index is 12.3. The number of rotatable bonds is 3. The molecular weight excluding hydrogens is 258 g/mol. The summed E-state index contributed by atoms with van der Waals surface area (Å²) in [6, 6.07) is 2.02. The van der Waals surface area contributed by atoms with Crippen LogP contribution in [0.2, 0.25) is 0 Å². The van der Waals surface area contributed by atoms with E-state index in [9.17, 15) is 9.90 Å². The van der Waals surface area contributed by atoms with Crippen LogP contribution < -0.4 is 5.32 Å². The molecule has 0 saturated heterocycles. The lowest BCUT2D eigenvalue weighted by Crippen LogP contribution is -2.57. The van der Waals surface area contributed by atoms with E-state index in [1.165, 1.54) is 23.3 Å². The minimum absolute atomic E-state index is 0.0773. The van der Waals surface area contributed by atoms with Gasteiger partial charge in [0.25, 0.3) is 5.91 Å². The third-order valence-electron chi connectivity index (χ3n) is 4.18. The molecule has 3 nitrogen and oxygen atoms in total. The van der Waals surface area contributed by atoms with E-state index >= 15 is 0 Å². The fraction of sp³-hybridized carbons (Fsp3) is 0.667. The first-order valence-corrected chi connectivity index (χ1v) is 7.69. The van der Waals surface area contributed by atoms with Gasteiger partial charge in [0.2, 0.25) is 0 Å². The Labute approximate surface area is 119 Å². The maximum Gasteiger partial charge on any atom is 0.261 e. The molecule has 1 aromatic rings. The highest BCUT2D eigenvalue weighted by Gasteiger charge is 2.36. The van der Waals surface area contributed by atoms with Crippen LogP contribution in [0.5, 0.6) is 0 Å². The van der Waals surface area contributed by atoms with E-state index in [0.717, 1.165) is 17.7 Å². The van der Waals surface area contributed by atoms with Gasteiger partial charge in [-0.15, -0.1) is 11.3 Å². The van der Waals surface area contributed by atoms with E-state index in [2.05, 4.69) is 5.32 Å². The van der Waals surface area contributed by atoms with Gasteiger partial charge in [0.15, 0.2) is 0 Å². The number of nitrogens with one attached hydrogen (secondary N) is 1. The Hall–Kier alpha value is -0.870. The predicted molar refractivity (Wildman–Crippen MR) is 78.8 cm³/mol. The van der Waals surface area contributed by atoms with Gasteiger partial charge in [-0.2, -0.15) is 0 Å². The summed E-state index contributed by atoms with van der Waals surface area (Å²) in [4.78, 5) is 14.4. The van der Waals surface area contributed by atoms with Gasteiger partial charge in [0, 0.05) is 4.88 Å². The lowest BCUT2D eigenvalue weighted by Gasteiger charge is -2.37. The van der Waals surface area contributed by atoms with E-state index in [1.54, 1.807) is 25.2 Å². The zero-order valence-electron chi connectivity index (χ0n) is 12.2. The molecule has 0 fully saturated rings. The summed E-state index contributed by atoms with van der Waals surface area (Å²) >= 11 is 1.60. The largest absolute Gasteiger partial charge is 0.388 e. The van der Waals surface area contributed by atoms with E-state index in [1.807, 2.05) is 19.9 Å². The summed E-state index contributed by atoms with van der Waals surface area (Å²) in [6.45, 7) is 7.12. The molecule has 2 N–H and O–H groups in total. The van der Waals surface area contributed by atoms with Crippen LogP contribution in [-0.2, 0) is 12.8 Å². The van der Waals surface area contributed by atoms with Gasteiger partial charge in [0.1, 0.15) is 0 Å². The van der Waals surface area contributed by atoms with Crippen LogP contribution in [0.4, 0.5) is 0 Å². The van der Waals surface area contributed by atoms with Crippen LogP contribution in [0.25, 0.3) is 0 Å². The average molecular weight is 281 g/mol. The number of aliphatic hydroxyl groups is 1. The van der Waals surface area contributed by atoms with Gasteiger partial charge in [0.05, 0.1) is 16.0 Å². The molecular formula is C15H23NO2S. The van der Waals surface area contributed by atoms with Crippen molar-refractivity contribution < 1.29 is 9.90 Å². The minimum atomic E-state index is -0.959. The van der Waals surface area contributed by atoms with Crippen molar-refractivity contribution in [2.75, 3.05) is 0 Å². The number of carbonyl (C=O) groups excluding carboxylic acids is 1. The van der Waals surface area contributed by atoms with Crippen LogP contribution in [0.1, 0.15) is 60.6 Å². The van der Waals surface area contributed by atoms with Crippen molar-refractivity contribution in [2.24, 2.45) is 0 Å². The van der Waals surface area contributed by atoms with E-state index in [-0.39, 0.29) is 5.91 Å². The molecule has 2 rings (SSSR count). The van der Waals surface area contributed by atoms with Crippen LogP contribution >= 0.6 is 11.3 Å². The van der Waals surface area contributed by atoms with Crippen LogP contribution in [0.3, 0.4) is 0 Å². The molecule has 0 radical (unpaired) electrons. The van der Waals surface area contributed by atoms with Crippen molar-refractivity contribution >= 4 is 17.2 Å². The van der Waals surface area contributed by atoms with E-state index < -0.39 is 11.1 Å². The van der Waals surface area contributed by atoms with Crippen molar-refractivity contribution in [3.8, 4) is 0 Å². The molecule has 0 unspecified atom stereocenters. The molecule has 1 amide bonds. The first-order chi connectivity index (χ1) is 8.71. The minimum Gasteiger partial charge on any atom is -0.388 e. The van der Waals surface area contributed by atoms with Crippen LogP contribution in [-0.4, -0.2) is 22.2 Å². The molecule has 0 spiro atoms. The molecule has 0 saturated carbocycles. The molecule has 106 valence electrons. The second-order valence-electron chi connectivity index (χ2n) is 6.40. The standard InChI is InChI=1S/C15H23NO2S/c1-14(2,15(3,4)18)16-13(17)12-9-10-7-5-6-8-11(10)19-12/h9,18H,5-8H2,1-4H3,(H,16,17). The molecule has 0 bridgehead atoms. The summed E-state index contributed by atoms with van der Waals surface area (Å²) in [5, 5.41) is 13.0. The zero-order valence-corrected chi connectivity index (χ0v) is 13.0. The van der Waals surface area contributed by atoms with Gasteiger partial charge >= 0.3 is 0 Å². The molecule has 19 heavy (non-hydrogen) atoms. The molecule has 0 atom stereocenters. The van der Waals surface area contributed by atoms with Crippen LogP contribution in [0.15, 0.2) is 6.07 Å². The second kappa shape index (κ2) is 4.91. The van der Waals surface area contributed by atoms with Crippen molar-refractivity contribution in [3.63, 3.8) is 0 Å². The third-order valence-corrected chi connectivity index (χ3v) is 5.41. The Morgan fingerprint density at radius 2 is 1.89 bits per heavy atom. The number of thiophene rings is 1. The Balaban J connectivity index is 2.14. The van der Waals surface area contributed by atoms with Crippen molar-refractivity contribution in [2.45, 2.75) is 64.5 Å². The highest BCUT2D eigenvalue weighted by atomic mass is 32.1. The highest BCUT2D eigenvalue weighted by Crippen LogP contribution is 2.30. The summed E-state index contributed by atoms with van der Waals surface area (Å²) in [5.41, 5.74) is -0.281. The van der Waals surface area contributed by atoms with E-state index in [4.69, 9.17) is 0 Å². The monoisotopic (exact) mass is 281 g/mol. The molecule has 1 aliphatic carbocycles. The molecule has 4 heteroatoms. The lowest BCUT2D eigenvalue weighted by molar-refractivity contribution is -0.00284. The fourth-order valence-electron chi connectivity index (χ4n) is 2.10. The summed E-state index contributed by atoms with van der Waals surface area (Å²) in [7, 11) is 0. The summed E-state index contributed by atoms with van der Waals surface area (Å²) < 4.78 is 0. The third kappa shape index (κ3) is 3.00. The number of hydrogen-bond donors (Lipinski definition) is 2. The zero-order chi connectivity index (χ0) is 14.3. The molecule has 0 aromatic carbocycles. The van der Waals surface area contributed by atoms with Gasteiger partial charge < -0.3 is 10.4 Å². The number of hydrogen-bond acceptors (Lipinski definition) is 3.